The van der Waals surface area contributed by atoms with Gasteiger partial charge in [-0.25, -0.2) is 0 Å². The molecule has 2 saturated heterocycles. The first kappa shape index (κ1) is 28.4. The topological polar surface area (TPSA) is 88.1 Å². The molecule has 0 radical (unpaired) electrons. The average molecular weight is 473 g/mol. The van der Waals surface area contributed by atoms with Crippen LogP contribution in [-0.4, -0.2) is 95.8 Å². The highest BCUT2D eigenvalue weighted by molar-refractivity contribution is 5.19. The molecule has 8 heteroatoms. The van der Waals surface area contributed by atoms with Gasteiger partial charge in [-0.3, -0.25) is 0 Å². The molecule has 2 aliphatic rings. The highest BCUT2D eigenvalue weighted by Crippen LogP contribution is 2.37. The van der Waals surface area contributed by atoms with Gasteiger partial charge in [-0.05, 0) is 18.9 Å². The molecule has 2 aliphatic heterocycles. The van der Waals surface area contributed by atoms with E-state index in [1.165, 1.54) is 0 Å². The molecule has 8 nitrogen and oxygen atoms in total. The Morgan fingerprint density at radius 1 is 0.909 bits per heavy atom. The zero-order valence-corrected chi connectivity index (χ0v) is 21.6. The van der Waals surface area contributed by atoms with E-state index in [1.807, 2.05) is 32.1 Å². The van der Waals surface area contributed by atoms with Crippen LogP contribution in [0.25, 0.3) is 0 Å². The van der Waals surface area contributed by atoms with Gasteiger partial charge < -0.3 is 38.3 Å². The van der Waals surface area contributed by atoms with Crippen molar-refractivity contribution in [2.75, 3.05) is 35.5 Å². The quantitative estimate of drug-likeness (QED) is 0.323. The van der Waals surface area contributed by atoms with Gasteiger partial charge in [0.25, 0.3) is 0 Å². The predicted octanol–water partition coefficient (Wildman–Crippen LogP) is 2.73. The summed E-state index contributed by atoms with van der Waals surface area (Å²) in [5, 5.41) is 10.8. The first-order chi connectivity index (χ1) is 15.8. The molecule has 192 valence electrons. The maximum Gasteiger partial charge on any atom is 0.186 e. The molecule has 0 bridgehead atoms. The van der Waals surface area contributed by atoms with Crippen LogP contribution in [0, 0.1) is 11.8 Å². The molecule has 0 aromatic carbocycles. The Morgan fingerprint density at radius 3 is 2.06 bits per heavy atom. The summed E-state index contributed by atoms with van der Waals surface area (Å²) in [4.78, 5) is 0. The first-order valence-electron chi connectivity index (χ1n) is 11.8. The van der Waals surface area contributed by atoms with Crippen molar-refractivity contribution in [3.63, 3.8) is 0 Å². The number of rotatable bonds is 13. The standard InChI is InChI=1S/C25H44O8/c1-10-17(27-5)16(4)20-21(32-20)18(26)14(2)12-11-13-15(3)19-22(28-6)23(29-7)24(30-8)25(31-9)33-19/h11-14,16-26H,10H2,1-9H3/b12-11+,15-13+/t14-,16+,17-,18+,19-,20+,21+,22+,23-,24+,25-/m0/s1. The van der Waals surface area contributed by atoms with Gasteiger partial charge in [0.1, 0.15) is 30.5 Å². The van der Waals surface area contributed by atoms with E-state index in [0.717, 1.165) is 12.0 Å². The van der Waals surface area contributed by atoms with E-state index in [9.17, 15) is 5.11 Å². The number of hydrogen-bond donors (Lipinski definition) is 1. The Bertz CT molecular complexity index is 634. The zero-order valence-electron chi connectivity index (χ0n) is 21.6. The maximum absolute atomic E-state index is 10.8. The number of aliphatic hydroxyl groups is 1. The van der Waals surface area contributed by atoms with E-state index in [1.54, 1.807) is 35.5 Å². The summed E-state index contributed by atoms with van der Waals surface area (Å²) >= 11 is 0. The average Bonchev–Trinajstić information content (AvgIpc) is 3.63. The lowest BCUT2D eigenvalue weighted by Gasteiger charge is -2.44. The molecule has 0 aromatic rings. The molecule has 1 N–H and O–H groups in total. The lowest BCUT2D eigenvalue weighted by atomic mass is 9.91. The van der Waals surface area contributed by atoms with Crippen molar-refractivity contribution in [1.29, 1.82) is 0 Å². The van der Waals surface area contributed by atoms with Gasteiger partial charge in [0.2, 0.25) is 0 Å². The van der Waals surface area contributed by atoms with Gasteiger partial charge >= 0.3 is 0 Å². The molecular formula is C25H44O8. The number of epoxide rings is 1. The van der Waals surface area contributed by atoms with Crippen LogP contribution >= 0.6 is 0 Å². The van der Waals surface area contributed by atoms with Crippen molar-refractivity contribution in [2.24, 2.45) is 11.8 Å². The normalized spacial score (nSPS) is 36.5. The Morgan fingerprint density at radius 2 is 1.55 bits per heavy atom. The van der Waals surface area contributed by atoms with Crippen LogP contribution in [0.4, 0.5) is 0 Å². The Kier molecular flexibility index (Phi) is 11.4. The first-order valence-corrected chi connectivity index (χ1v) is 11.8. The van der Waals surface area contributed by atoms with Crippen LogP contribution in [0.1, 0.15) is 34.1 Å². The summed E-state index contributed by atoms with van der Waals surface area (Å²) in [5.41, 5.74) is 0.957. The van der Waals surface area contributed by atoms with E-state index in [4.69, 9.17) is 33.2 Å². The molecule has 11 atom stereocenters. The summed E-state index contributed by atoms with van der Waals surface area (Å²) in [5.74, 6) is 0.173. The second-order valence-electron chi connectivity index (χ2n) is 9.01. The minimum absolute atomic E-state index is 0.0295. The summed E-state index contributed by atoms with van der Waals surface area (Å²) in [6.45, 7) is 8.18. The molecule has 0 amide bonds. The van der Waals surface area contributed by atoms with E-state index >= 15 is 0 Å². The van der Waals surface area contributed by atoms with Gasteiger partial charge in [0, 0.05) is 47.4 Å². The van der Waals surface area contributed by atoms with Crippen LogP contribution in [0.3, 0.4) is 0 Å². The smallest absolute Gasteiger partial charge is 0.186 e. The van der Waals surface area contributed by atoms with Crippen molar-refractivity contribution in [2.45, 2.75) is 89.2 Å². The van der Waals surface area contributed by atoms with Crippen LogP contribution in [0.15, 0.2) is 23.8 Å². The molecule has 0 unspecified atom stereocenters. The van der Waals surface area contributed by atoms with Crippen LogP contribution in [0.2, 0.25) is 0 Å². The van der Waals surface area contributed by atoms with E-state index in [-0.39, 0.29) is 48.5 Å². The lowest BCUT2D eigenvalue weighted by Crippen LogP contribution is -2.60. The number of hydrogen-bond acceptors (Lipinski definition) is 8. The number of methoxy groups -OCH3 is 5. The molecule has 2 heterocycles. The third-order valence-corrected chi connectivity index (χ3v) is 7.01. The molecule has 0 aromatic heterocycles. The van der Waals surface area contributed by atoms with E-state index in [0.29, 0.717) is 0 Å². The SMILES string of the molecule is CC[C@H](OC)[C@@H](C)[C@H]1O[C@@H]1[C@H](O)[C@@H](C)/C=C/C=C(\C)[C@@H]1O[C@H](OC)[C@H](OC)[C@@H](OC)[C@@H]1OC. The third kappa shape index (κ3) is 6.64. The van der Waals surface area contributed by atoms with Crippen molar-refractivity contribution in [3.8, 4) is 0 Å². The second kappa shape index (κ2) is 13.3. The van der Waals surface area contributed by atoms with E-state index in [2.05, 4.69) is 13.8 Å². The molecule has 2 fully saturated rings. The Labute approximate surface area is 199 Å². The molecule has 2 rings (SSSR count). The third-order valence-electron chi connectivity index (χ3n) is 7.01. The predicted molar refractivity (Wildman–Crippen MR) is 125 cm³/mol. The minimum Gasteiger partial charge on any atom is -0.390 e. The van der Waals surface area contributed by atoms with Crippen molar-refractivity contribution in [1.82, 2.24) is 0 Å². The largest absolute Gasteiger partial charge is 0.390 e. The van der Waals surface area contributed by atoms with Crippen LogP contribution < -0.4 is 0 Å². The second-order valence-corrected chi connectivity index (χ2v) is 9.01. The monoisotopic (exact) mass is 472 g/mol. The number of ether oxygens (including phenoxy) is 7. The highest BCUT2D eigenvalue weighted by atomic mass is 16.7. The molecular weight excluding hydrogens is 428 g/mol. The van der Waals surface area contributed by atoms with Gasteiger partial charge in [0.15, 0.2) is 6.29 Å². The summed E-state index contributed by atoms with van der Waals surface area (Å²) < 4.78 is 39.9. The summed E-state index contributed by atoms with van der Waals surface area (Å²) in [7, 11) is 8.17. The maximum atomic E-state index is 10.8. The summed E-state index contributed by atoms with van der Waals surface area (Å²) in [6, 6.07) is 0. The summed E-state index contributed by atoms with van der Waals surface area (Å²) in [6.07, 6.45) is 4.20. The molecule has 33 heavy (non-hydrogen) atoms. The molecule has 0 spiro atoms. The Balaban J connectivity index is 2.02. The van der Waals surface area contributed by atoms with Crippen molar-refractivity contribution >= 4 is 0 Å². The highest BCUT2D eigenvalue weighted by Gasteiger charge is 2.50. The number of allylic oxidation sites excluding steroid dienone is 2. The van der Waals surface area contributed by atoms with Gasteiger partial charge in [0.05, 0.1) is 18.3 Å². The molecule has 0 saturated carbocycles. The van der Waals surface area contributed by atoms with E-state index < -0.39 is 18.5 Å². The van der Waals surface area contributed by atoms with Gasteiger partial charge in [-0.1, -0.05) is 39.0 Å². The molecule has 0 aliphatic carbocycles. The fraction of sp³-hybridized carbons (Fsp3) is 0.840. The van der Waals surface area contributed by atoms with Gasteiger partial charge in [-0.15, -0.1) is 0 Å². The fourth-order valence-electron chi connectivity index (χ4n) is 4.83. The minimum atomic E-state index is -0.576. The van der Waals surface area contributed by atoms with Crippen molar-refractivity contribution in [3.05, 3.63) is 23.8 Å². The van der Waals surface area contributed by atoms with Crippen LogP contribution in [0.5, 0.6) is 0 Å². The van der Waals surface area contributed by atoms with Crippen molar-refractivity contribution < 1.29 is 38.3 Å². The lowest BCUT2D eigenvalue weighted by molar-refractivity contribution is -0.295. The Hall–Kier alpha value is -0.840. The zero-order chi connectivity index (χ0) is 24.7. The number of aliphatic hydroxyl groups excluding tert-OH is 1. The van der Waals surface area contributed by atoms with Crippen LogP contribution in [-0.2, 0) is 33.2 Å². The fourth-order valence-corrected chi connectivity index (χ4v) is 4.83. The van der Waals surface area contributed by atoms with Gasteiger partial charge in [-0.2, -0.15) is 0 Å².